The number of nitrogens with two attached hydrogens (primary N) is 1. The predicted octanol–water partition coefficient (Wildman–Crippen LogP) is 4.14. The van der Waals surface area contributed by atoms with Crippen LogP contribution < -0.4 is 5.73 Å². The van der Waals surface area contributed by atoms with Crippen LogP contribution in [0.2, 0.25) is 0 Å². The van der Waals surface area contributed by atoms with Crippen molar-refractivity contribution in [3.05, 3.63) is 83.1 Å². The summed E-state index contributed by atoms with van der Waals surface area (Å²) >= 11 is 0. The van der Waals surface area contributed by atoms with Gasteiger partial charge in [-0.05, 0) is 46.7 Å². The monoisotopic (exact) mass is 259 g/mol. The minimum Gasteiger partial charge on any atom is -0.402 e. The van der Waals surface area contributed by atoms with Crippen LogP contribution in [0, 0.1) is 0 Å². The summed E-state index contributed by atoms with van der Waals surface area (Å²) in [6, 6.07) is 15.6. The molecule has 20 heavy (non-hydrogen) atoms. The van der Waals surface area contributed by atoms with Crippen molar-refractivity contribution in [3.8, 4) is 11.1 Å². The van der Waals surface area contributed by atoms with Crippen molar-refractivity contribution < 1.29 is 0 Å². The molecule has 2 aliphatic rings. The Kier molecular flexibility index (Phi) is 2.53. The second-order valence-electron chi connectivity index (χ2n) is 5.69. The molecule has 0 amide bonds. The SMILES string of the molecule is NC1=CC=CC(c2ccc3c(c2)Cc2ccccc2-3)C1. The van der Waals surface area contributed by atoms with Crippen molar-refractivity contribution in [1.82, 2.24) is 0 Å². The molecule has 2 aliphatic carbocycles. The molecule has 1 heteroatoms. The van der Waals surface area contributed by atoms with E-state index in [4.69, 9.17) is 5.73 Å². The van der Waals surface area contributed by atoms with Crippen molar-refractivity contribution in [2.45, 2.75) is 18.8 Å². The lowest BCUT2D eigenvalue weighted by atomic mass is 9.89. The summed E-state index contributed by atoms with van der Waals surface area (Å²) < 4.78 is 0. The maximum Gasteiger partial charge on any atom is 0.00896 e. The topological polar surface area (TPSA) is 26.0 Å². The van der Waals surface area contributed by atoms with Gasteiger partial charge in [0.05, 0.1) is 0 Å². The van der Waals surface area contributed by atoms with E-state index < -0.39 is 0 Å². The fourth-order valence-corrected chi connectivity index (χ4v) is 3.33. The second-order valence-corrected chi connectivity index (χ2v) is 5.69. The number of allylic oxidation sites excluding steroid dienone is 4. The van der Waals surface area contributed by atoms with E-state index in [0.717, 1.165) is 18.5 Å². The highest BCUT2D eigenvalue weighted by Gasteiger charge is 2.20. The van der Waals surface area contributed by atoms with Gasteiger partial charge in [-0.3, -0.25) is 0 Å². The first kappa shape index (κ1) is 11.5. The van der Waals surface area contributed by atoms with Crippen LogP contribution in [0.3, 0.4) is 0 Å². The third kappa shape index (κ3) is 1.78. The molecule has 0 aliphatic heterocycles. The molecule has 0 radical (unpaired) electrons. The number of benzene rings is 2. The molecule has 2 N–H and O–H groups in total. The molecule has 2 aromatic rings. The first-order valence-corrected chi connectivity index (χ1v) is 7.15. The number of hydrogen-bond acceptors (Lipinski definition) is 1. The molecule has 0 bridgehead atoms. The molecule has 1 unspecified atom stereocenters. The summed E-state index contributed by atoms with van der Waals surface area (Å²) in [6.45, 7) is 0. The Balaban J connectivity index is 1.72. The first-order valence-electron chi connectivity index (χ1n) is 7.15. The molecule has 98 valence electrons. The van der Waals surface area contributed by atoms with E-state index in [1.807, 2.05) is 6.08 Å². The molecule has 2 aromatic carbocycles. The smallest absolute Gasteiger partial charge is 0.00896 e. The summed E-state index contributed by atoms with van der Waals surface area (Å²) in [5.74, 6) is 0.425. The van der Waals surface area contributed by atoms with Crippen molar-refractivity contribution in [2.75, 3.05) is 0 Å². The molecular weight excluding hydrogens is 242 g/mol. The summed E-state index contributed by atoms with van der Waals surface area (Å²) in [7, 11) is 0. The van der Waals surface area contributed by atoms with E-state index in [1.165, 1.54) is 27.8 Å². The standard InChI is InChI=1S/C19H17N/c20-17-6-3-5-13(12-17)14-8-9-19-16(10-14)11-15-4-1-2-7-18(15)19/h1-10,13H,11-12,20H2. The third-order valence-corrected chi connectivity index (χ3v) is 4.36. The molecule has 1 nitrogen and oxygen atoms in total. The zero-order valence-corrected chi connectivity index (χ0v) is 11.3. The summed E-state index contributed by atoms with van der Waals surface area (Å²) in [5, 5.41) is 0. The Bertz CT molecular complexity index is 737. The van der Waals surface area contributed by atoms with Gasteiger partial charge in [-0.1, -0.05) is 54.6 Å². The maximum atomic E-state index is 5.95. The van der Waals surface area contributed by atoms with Gasteiger partial charge in [0.15, 0.2) is 0 Å². The molecule has 4 rings (SSSR count). The molecule has 0 fully saturated rings. The summed E-state index contributed by atoms with van der Waals surface area (Å²) in [5.41, 5.74) is 14.0. The van der Waals surface area contributed by atoms with Crippen LogP contribution in [0.15, 0.2) is 66.4 Å². The van der Waals surface area contributed by atoms with Crippen molar-refractivity contribution in [2.24, 2.45) is 5.73 Å². The lowest BCUT2D eigenvalue weighted by Crippen LogP contribution is -2.07. The fraction of sp³-hybridized carbons (Fsp3) is 0.158. The van der Waals surface area contributed by atoms with Crippen LogP contribution in [0.1, 0.15) is 29.0 Å². The highest BCUT2D eigenvalue weighted by atomic mass is 14.6. The molecule has 0 aromatic heterocycles. The zero-order valence-electron chi connectivity index (χ0n) is 11.3. The Morgan fingerprint density at radius 1 is 0.950 bits per heavy atom. The van der Waals surface area contributed by atoms with Crippen LogP contribution in [0.5, 0.6) is 0 Å². The minimum atomic E-state index is 0.425. The third-order valence-electron chi connectivity index (χ3n) is 4.36. The molecular formula is C19H17N. The van der Waals surface area contributed by atoms with Crippen LogP contribution in [0.25, 0.3) is 11.1 Å². The average Bonchev–Trinajstić information content (AvgIpc) is 2.85. The van der Waals surface area contributed by atoms with E-state index in [2.05, 4.69) is 54.6 Å². The Hall–Kier alpha value is -2.28. The van der Waals surface area contributed by atoms with E-state index in [0.29, 0.717) is 5.92 Å². The van der Waals surface area contributed by atoms with E-state index in [9.17, 15) is 0 Å². The van der Waals surface area contributed by atoms with Gasteiger partial charge >= 0.3 is 0 Å². The van der Waals surface area contributed by atoms with Gasteiger partial charge in [0.25, 0.3) is 0 Å². The molecule has 0 heterocycles. The quantitative estimate of drug-likeness (QED) is 0.698. The highest BCUT2D eigenvalue weighted by molar-refractivity contribution is 5.77. The van der Waals surface area contributed by atoms with E-state index in [-0.39, 0.29) is 0 Å². The molecule has 0 spiro atoms. The van der Waals surface area contributed by atoms with Gasteiger partial charge in [-0.2, -0.15) is 0 Å². The molecule has 0 saturated carbocycles. The Morgan fingerprint density at radius 2 is 1.80 bits per heavy atom. The van der Waals surface area contributed by atoms with E-state index in [1.54, 1.807) is 0 Å². The van der Waals surface area contributed by atoms with Crippen LogP contribution in [-0.2, 0) is 6.42 Å². The molecule has 1 atom stereocenters. The summed E-state index contributed by atoms with van der Waals surface area (Å²) in [4.78, 5) is 0. The van der Waals surface area contributed by atoms with Crippen molar-refractivity contribution in [3.63, 3.8) is 0 Å². The van der Waals surface area contributed by atoms with Crippen LogP contribution >= 0.6 is 0 Å². The molecule has 0 saturated heterocycles. The highest BCUT2D eigenvalue weighted by Crippen LogP contribution is 2.38. The second kappa shape index (κ2) is 4.38. The normalized spacial score (nSPS) is 19.4. The lowest BCUT2D eigenvalue weighted by molar-refractivity contribution is 0.803. The van der Waals surface area contributed by atoms with Gasteiger partial charge in [0.1, 0.15) is 0 Å². The van der Waals surface area contributed by atoms with Crippen LogP contribution in [0.4, 0.5) is 0 Å². The minimum absolute atomic E-state index is 0.425. The van der Waals surface area contributed by atoms with Crippen LogP contribution in [-0.4, -0.2) is 0 Å². The zero-order chi connectivity index (χ0) is 13.5. The number of rotatable bonds is 1. The largest absolute Gasteiger partial charge is 0.402 e. The Labute approximate surface area is 119 Å². The van der Waals surface area contributed by atoms with Crippen molar-refractivity contribution >= 4 is 0 Å². The van der Waals surface area contributed by atoms with Crippen molar-refractivity contribution in [1.29, 1.82) is 0 Å². The van der Waals surface area contributed by atoms with Gasteiger partial charge in [0, 0.05) is 11.6 Å². The van der Waals surface area contributed by atoms with Gasteiger partial charge < -0.3 is 5.73 Å². The maximum absolute atomic E-state index is 5.95. The Morgan fingerprint density at radius 3 is 2.70 bits per heavy atom. The predicted molar refractivity (Wildman–Crippen MR) is 83.5 cm³/mol. The van der Waals surface area contributed by atoms with Gasteiger partial charge in [0.2, 0.25) is 0 Å². The fourth-order valence-electron chi connectivity index (χ4n) is 3.33. The van der Waals surface area contributed by atoms with Gasteiger partial charge in [-0.25, -0.2) is 0 Å². The summed E-state index contributed by atoms with van der Waals surface area (Å²) in [6.07, 6.45) is 8.31. The van der Waals surface area contributed by atoms with Gasteiger partial charge in [-0.15, -0.1) is 0 Å². The number of hydrogen-bond donors (Lipinski definition) is 1. The first-order chi connectivity index (χ1) is 9.81. The lowest BCUT2D eigenvalue weighted by Gasteiger charge is -2.17. The van der Waals surface area contributed by atoms with E-state index >= 15 is 0 Å². The number of fused-ring (bicyclic) bond motifs is 3. The average molecular weight is 259 g/mol.